The maximum atomic E-state index is 13.9. The van der Waals surface area contributed by atoms with Gasteiger partial charge in [0, 0.05) is 38.1 Å². The quantitative estimate of drug-likeness (QED) is 0.324. The first kappa shape index (κ1) is 34.7. The fraction of sp³-hybridized carbons (Fsp3) is 0.656. The Balaban J connectivity index is 1.75. The average Bonchev–Trinajstić information content (AvgIpc) is 3.38. The normalized spacial score (nSPS) is 18.7. The molecule has 0 radical (unpaired) electrons. The Morgan fingerprint density at radius 1 is 1.02 bits per heavy atom. The van der Waals surface area contributed by atoms with E-state index in [1.54, 1.807) is 9.80 Å². The summed E-state index contributed by atoms with van der Waals surface area (Å²) in [5.74, 6) is -1.67. The molecule has 2 saturated heterocycles. The summed E-state index contributed by atoms with van der Waals surface area (Å²) in [5, 5.41) is 8.43. The van der Waals surface area contributed by atoms with Crippen molar-refractivity contribution in [1.29, 1.82) is 0 Å². The molecule has 0 aromatic heterocycles. The van der Waals surface area contributed by atoms with Gasteiger partial charge in [0.1, 0.15) is 17.7 Å². The second-order valence-corrected chi connectivity index (χ2v) is 13.0. The van der Waals surface area contributed by atoms with Crippen LogP contribution in [0.3, 0.4) is 0 Å². The Morgan fingerprint density at radius 2 is 1.68 bits per heavy atom. The highest BCUT2D eigenvalue weighted by atomic mass is 16.6. The minimum atomic E-state index is -1.02. The fourth-order valence-electron chi connectivity index (χ4n) is 5.55. The lowest BCUT2D eigenvalue weighted by atomic mass is 9.97. The molecule has 2 heterocycles. The predicted octanol–water partition coefficient (Wildman–Crippen LogP) is 3.20. The number of urea groups is 1. The lowest BCUT2D eigenvalue weighted by Crippen LogP contribution is -2.57. The van der Waals surface area contributed by atoms with E-state index in [2.05, 4.69) is 16.0 Å². The van der Waals surface area contributed by atoms with Crippen LogP contribution in [0.1, 0.15) is 72.3 Å². The molecule has 0 spiro atoms. The van der Waals surface area contributed by atoms with Crippen LogP contribution in [0.2, 0.25) is 0 Å². The Morgan fingerprint density at radius 3 is 2.23 bits per heavy atom. The third kappa shape index (κ3) is 10.4. The van der Waals surface area contributed by atoms with Crippen LogP contribution in [0.5, 0.6) is 0 Å². The molecule has 5 amide bonds. The SMILES string of the molecule is COC(=O)[C@H](C[C@@H]1CCNC1=O)NC(=O)[C@H](CC(C)C)NC(=O)N(Cc1ccccc1)C1CCN(C(=O)OC(C)(C)C)CC1. The molecular formula is C32H49N5O7. The molecule has 3 rings (SSSR count). The topological polar surface area (TPSA) is 146 Å². The number of methoxy groups -OCH3 is 1. The van der Waals surface area contributed by atoms with Crippen molar-refractivity contribution in [3.8, 4) is 0 Å². The monoisotopic (exact) mass is 615 g/mol. The van der Waals surface area contributed by atoms with Gasteiger partial charge in [0.2, 0.25) is 11.8 Å². The van der Waals surface area contributed by atoms with Crippen molar-refractivity contribution < 1.29 is 33.4 Å². The minimum Gasteiger partial charge on any atom is -0.467 e. The number of benzene rings is 1. The van der Waals surface area contributed by atoms with Gasteiger partial charge in [-0.05, 0) is 64.4 Å². The molecular weight excluding hydrogens is 566 g/mol. The van der Waals surface area contributed by atoms with Gasteiger partial charge < -0.3 is 35.2 Å². The molecule has 0 bridgehead atoms. The van der Waals surface area contributed by atoms with Crippen molar-refractivity contribution in [1.82, 2.24) is 25.8 Å². The number of carbonyl (C=O) groups is 5. The number of likely N-dealkylation sites (tertiary alicyclic amines) is 1. The van der Waals surface area contributed by atoms with E-state index in [-0.39, 0.29) is 30.4 Å². The number of hydrogen-bond donors (Lipinski definition) is 3. The third-order valence-corrected chi connectivity index (χ3v) is 7.82. The molecule has 12 nitrogen and oxygen atoms in total. The number of esters is 1. The Labute approximate surface area is 260 Å². The van der Waals surface area contributed by atoms with Crippen molar-refractivity contribution in [2.75, 3.05) is 26.7 Å². The van der Waals surface area contributed by atoms with Crippen LogP contribution in [-0.4, -0.2) is 90.2 Å². The molecule has 3 N–H and O–H groups in total. The summed E-state index contributed by atoms with van der Waals surface area (Å²) in [4.78, 5) is 68.3. The lowest BCUT2D eigenvalue weighted by Gasteiger charge is -2.39. The van der Waals surface area contributed by atoms with Gasteiger partial charge in [-0.25, -0.2) is 14.4 Å². The van der Waals surface area contributed by atoms with Crippen molar-refractivity contribution in [3.05, 3.63) is 35.9 Å². The van der Waals surface area contributed by atoms with Crippen molar-refractivity contribution in [3.63, 3.8) is 0 Å². The molecule has 0 saturated carbocycles. The summed E-state index contributed by atoms with van der Waals surface area (Å²) < 4.78 is 10.4. The Hall–Kier alpha value is -3.83. The number of nitrogens with zero attached hydrogens (tertiary/aromatic N) is 2. The first-order chi connectivity index (χ1) is 20.8. The predicted molar refractivity (Wildman–Crippen MR) is 164 cm³/mol. The van der Waals surface area contributed by atoms with Gasteiger partial charge >= 0.3 is 18.1 Å². The van der Waals surface area contributed by atoms with Gasteiger partial charge in [0.05, 0.1) is 7.11 Å². The van der Waals surface area contributed by atoms with Crippen LogP contribution < -0.4 is 16.0 Å². The van der Waals surface area contributed by atoms with E-state index in [4.69, 9.17) is 9.47 Å². The number of amides is 5. The molecule has 0 unspecified atom stereocenters. The molecule has 3 atom stereocenters. The summed E-state index contributed by atoms with van der Waals surface area (Å²) in [6, 6.07) is 7.06. The average molecular weight is 616 g/mol. The fourth-order valence-corrected chi connectivity index (χ4v) is 5.55. The van der Waals surface area contributed by atoms with Crippen molar-refractivity contribution in [2.45, 2.75) is 97.0 Å². The number of rotatable bonds is 11. The van der Waals surface area contributed by atoms with E-state index < -0.39 is 41.5 Å². The molecule has 1 aromatic rings. The first-order valence-electron chi connectivity index (χ1n) is 15.5. The second-order valence-electron chi connectivity index (χ2n) is 13.0. The maximum Gasteiger partial charge on any atom is 0.410 e. The Kier molecular flexibility index (Phi) is 12.4. The van der Waals surface area contributed by atoms with Gasteiger partial charge in [-0.3, -0.25) is 9.59 Å². The molecule has 44 heavy (non-hydrogen) atoms. The minimum absolute atomic E-state index is 0.0582. The zero-order chi connectivity index (χ0) is 32.4. The van der Waals surface area contributed by atoms with E-state index in [0.29, 0.717) is 51.9 Å². The number of piperidine rings is 1. The van der Waals surface area contributed by atoms with E-state index >= 15 is 0 Å². The van der Waals surface area contributed by atoms with Crippen LogP contribution in [0.4, 0.5) is 9.59 Å². The molecule has 2 aliphatic heterocycles. The largest absolute Gasteiger partial charge is 0.467 e. The summed E-state index contributed by atoms with van der Waals surface area (Å²) in [6.07, 6.45) is 1.74. The van der Waals surface area contributed by atoms with Gasteiger partial charge in [0.25, 0.3) is 0 Å². The molecule has 1 aromatic carbocycles. The van der Waals surface area contributed by atoms with Crippen LogP contribution in [0.15, 0.2) is 30.3 Å². The molecule has 12 heteroatoms. The van der Waals surface area contributed by atoms with Gasteiger partial charge in [-0.2, -0.15) is 0 Å². The van der Waals surface area contributed by atoms with E-state index in [1.165, 1.54) is 7.11 Å². The van der Waals surface area contributed by atoms with Gasteiger partial charge in [-0.1, -0.05) is 44.2 Å². The number of nitrogens with one attached hydrogen (secondary N) is 3. The second kappa shape index (κ2) is 15.8. The zero-order valence-electron chi connectivity index (χ0n) is 26.9. The summed E-state index contributed by atoms with van der Waals surface area (Å²) >= 11 is 0. The van der Waals surface area contributed by atoms with Crippen molar-refractivity contribution >= 4 is 29.9 Å². The Bertz CT molecular complexity index is 1150. The molecule has 0 aliphatic carbocycles. The zero-order valence-corrected chi connectivity index (χ0v) is 26.9. The van der Waals surface area contributed by atoms with Gasteiger partial charge in [0.15, 0.2) is 0 Å². The van der Waals surface area contributed by atoms with Crippen LogP contribution >= 0.6 is 0 Å². The van der Waals surface area contributed by atoms with E-state index in [9.17, 15) is 24.0 Å². The molecule has 2 aliphatic rings. The third-order valence-electron chi connectivity index (χ3n) is 7.82. The molecule has 244 valence electrons. The molecule has 2 fully saturated rings. The summed E-state index contributed by atoms with van der Waals surface area (Å²) in [7, 11) is 1.24. The van der Waals surface area contributed by atoms with Crippen LogP contribution in [-0.2, 0) is 30.4 Å². The van der Waals surface area contributed by atoms with E-state index in [1.807, 2.05) is 65.0 Å². The lowest BCUT2D eigenvalue weighted by molar-refractivity contribution is -0.146. The highest BCUT2D eigenvalue weighted by Gasteiger charge is 2.36. The highest BCUT2D eigenvalue weighted by molar-refractivity contribution is 5.91. The first-order valence-corrected chi connectivity index (χ1v) is 15.5. The highest BCUT2D eigenvalue weighted by Crippen LogP contribution is 2.22. The summed E-state index contributed by atoms with van der Waals surface area (Å²) in [6.45, 7) is 11.1. The van der Waals surface area contributed by atoms with Gasteiger partial charge in [-0.15, -0.1) is 0 Å². The number of carbonyl (C=O) groups excluding carboxylic acids is 5. The smallest absolute Gasteiger partial charge is 0.410 e. The van der Waals surface area contributed by atoms with E-state index in [0.717, 1.165) is 5.56 Å². The maximum absolute atomic E-state index is 13.9. The van der Waals surface area contributed by atoms with Crippen LogP contribution in [0.25, 0.3) is 0 Å². The van der Waals surface area contributed by atoms with Crippen molar-refractivity contribution in [2.24, 2.45) is 11.8 Å². The van der Waals surface area contributed by atoms with Crippen LogP contribution in [0, 0.1) is 11.8 Å². The number of ether oxygens (including phenoxy) is 2. The summed E-state index contributed by atoms with van der Waals surface area (Å²) in [5.41, 5.74) is 0.331. The number of hydrogen-bond acceptors (Lipinski definition) is 7. The standard InChI is InChI=1S/C32H49N5O7/c1-21(2)18-25(28(39)34-26(29(40)43-6)19-23-12-15-33-27(23)38)35-30(41)37(20-22-10-8-7-9-11-22)24-13-16-36(17-14-24)31(42)44-32(3,4)5/h7-11,21,23-26H,12-20H2,1-6H3,(H,33,38)(H,34,39)(H,35,41)/t23-,25-,26-/m0/s1.